The van der Waals surface area contributed by atoms with E-state index in [4.69, 9.17) is 15.2 Å². The van der Waals surface area contributed by atoms with Gasteiger partial charge in [-0.15, -0.1) is 0 Å². The molecule has 0 amide bonds. The summed E-state index contributed by atoms with van der Waals surface area (Å²) < 4.78 is 10.7. The van der Waals surface area contributed by atoms with Gasteiger partial charge in [0.2, 0.25) is 11.8 Å². The van der Waals surface area contributed by atoms with Crippen molar-refractivity contribution in [3.05, 3.63) is 35.7 Å². The summed E-state index contributed by atoms with van der Waals surface area (Å²) in [5, 5.41) is 0. The predicted octanol–water partition coefficient (Wildman–Crippen LogP) is 2.48. The highest BCUT2D eigenvalue weighted by Gasteiger charge is 2.11. The summed E-state index contributed by atoms with van der Waals surface area (Å²) in [7, 11) is 1.50. The third-order valence-electron chi connectivity index (χ3n) is 2.54. The van der Waals surface area contributed by atoms with E-state index in [0.29, 0.717) is 23.2 Å². The first-order valence-corrected chi connectivity index (χ1v) is 5.51. The molecule has 0 aliphatic rings. The number of aryl methyl sites for hydroxylation is 2. The van der Waals surface area contributed by atoms with Crippen LogP contribution in [-0.4, -0.2) is 17.1 Å². The molecule has 2 N–H and O–H groups in total. The van der Waals surface area contributed by atoms with Crippen molar-refractivity contribution in [1.29, 1.82) is 0 Å². The molecule has 0 aliphatic carbocycles. The molecule has 1 heterocycles. The van der Waals surface area contributed by atoms with E-state index >= 15 is 0 Å². The van der Waals surface area contributed by atoms with Crippen LogP contribution in [0.3, 0.4) is 0 Å². The van der Waals surface area contributed by atoms with Crippen LogP contribution in [0.5, 0.6) is 17.5 Å². The third kappa shape index (κ3) is 2.34. The molecule has 5 heteroatoms. The molecule has 0 aliphatic heterocycles. The molecule has 1 aromatic carbocycles. The molecule has 0 saturated carbocycles. The van der Waals surface area contributed by atoms with E-state index in [2.05, 4.69) is 9.97 Å². The second-order valence-electron chi connectivity index (χ2n) is 3.97. The van der Waals surface area contributed by atoms with Crippen LogP contribution in [0.15, 0.2) is 24.5 Å². The molecule has 18 heavy (non-hydrogen) atoms. The van der Waals surface area contributed by atoms with Crippen LogP contribution in [0, 0.1) is 13.8 Å². The molecule has 94 valence electrons. The molecular formula is C13H15N3O2. The lowest BCUT2D eigenvalue weighted by Crippen LogP contribution is -2.01. The standard InChI is InChI=1S/C13H15N3O2/c1-8-4-5-10(9(2)6-8)18-13-11(14)12(17-3)15-7-16-13/h4-7H,14H2,1-3H3. The Hall–Kier alpha value is -2.30. The number of methoxy groups -OCH3 is 1. The Morgan fingerprint density at radius 1 is 1.11 bits per heavy atom. The second kappa shape index (κ2) is 4.91. The Balaban J connectivity index is 2.34. The van der Waals surface area contributed by atoms with Crippen molar-refractivity contribution in [2.24, 2.45) is 0 Å². The minimum absolute atomic E-state index is 0.292. The SMILES string of the molecule is COc1ncnc(Oc2ccc(C)cc2C)c1N. The zero-order valence-corrected chi connectivity index (χ0v) is 10.6. The fourth-order valence-electron chi connectivity index (χ4n) is 1.63. The minimum atomic E-state index is 0.292. The Morgan fingerprint density at radius 3 is 2.50 bits per heavy atom. The Kier molecular flexibility index (Phi) is 3.32. The number of hydrogen-bond acceptors (Lipinski definition) is 5. The average molecular weight is 245 g/mol. The molecule has 0 bridgehead atoms. The summed E-state index contributed by atoms with van der Waals surface area (Å²) >= 11 is 0. The largest absolute Gasteiger partial charge is 0.479 e. The van der Waals surface area contributed by atoms with Crippen molar-refractivity contribution < 1.29 is 9.47 Å². The fourth-order valence-corrected chi connectivity index (χ4v) is 1.63. The van der Waals surface area contributed by atoms with E-state index in [9.17, 15) is 0 Å². The number of nitrogens with zero attached hydrogens (tertiary/aromatic N) is 2. The predicted molar refractivity (Wildman–Crippen MR) is 69.0 cm³/mol. The van der Waals surface area contributed by atoms with Crippen LogP contribution in [0.2, 0.25) is 0 Å². The van der Waals surface area contributed by atoms with Gasteiger partial charge in [0.05, 0.1) is 7.11 Å². The molecule has 0 atom stereocenters. The van der Waals surface area contributed by atoms with Gasteiger partial charge in [-0.25, -0.2) is 0 Å². The normalized spacial score (nSPS) is 10.2. The van der Waals surface area contributed by atoms with Crippen LogP contribution in [0.1, 0.15) is 11.1 Å². The number of hydrogen-bond donors (Lipinski definition) is 1. The summed E-state index contributed by atoms with van der Waals surface area (Å²) in [4.78, 5) is 7.90. The molecule has 0 fully saturated rings. The van der Waals surface area contributed by atoms with E-state index in [-0.39, 0.29) is 0 Å². The zero-order chi connectivity index (χ0) is 13.1. The van der Waals surface area contributed by atoms with Gasteiger partial charge in [0.25, 0.3) is 0 Å². The molecule has 0 spiro atoms. The van der Waals surface area contributed by atoms with Crippen LogP contribution in [0.25, 0.3) is 0 Å². The Labute approximate surface area is 106 Å². The van der Waals surface area contributed by atoms with Gasteiger partial charge >= 0.3 is 0 Å². The fraction of sp³-hybridized carbons (Fsp3) is 0.231. The van der Waals surface area contributed by atoms with Crippen LogP contribution < -0.4 is 15.2 Å². The lowest BCUT2D eigenvalue weighted by molar-refractivity contribution is 0.391. The van der Waals surface area contributed by atoms with Gasteiger partial charge in [0, 0.05) is 0 Å². The van der Waals surface area contributed by atoms with Gasteiger partial charge < -0.3 is 15.2 Å². The second-order valence-corrected chi connectivity index (χ2v) is 3.97. The number of aromatic nitrogens is 2. The maximum absolute atomic E-state index is 5.85. The first kappa shape index (κ1) is 12.2. The van der Waals surface area contributed by atoms with E-state index < -0.39 is 0 Å². The summed E-state index contributed by atoms with van der Waals surface area (Å²) in [5.41, 5.74) is 8.33. The molecule has 0 saturated heterocycles. The third-order valence-corrected chi connectivity index (χ3v) is 2.54. The van der Waals surface area contributed by atoms with Gasteiger partial charge in [0.15, 0.2) is 5.69 Å². The zero-order valence-electron chi connectivity index (χ0n) is 10.6. The maximum Gasteiger partial charge on any atom is 0.249 e. The van der Waals surface area contributed by atoms with Crippen molar-refractivity contribution in [1.82, 2.24) is 9.97 Å². The minimum Gasteiger partial charge on any atom is -0.479 e. The lowest BCUT2D eigenvalue weighted by Gasteiger charge is -2.11. The van der Waals surface area contributed by atoms with Crippen LogP contribution in [-0.2, 0) is 0 Å². The lowest BCUT2D eigenvalue weighted by atomic mass is 10.1. The first-order valence-electron chi connectivity index (χ1n) is 5.51. The van der Waals surface area contributed by atoms with Crippen LogP contribution in [0.4, 0.5) is 5.69 Å². The summed E-state index contributed by atoms with van der Waals surface area (Å²) in [6.45, 7) is 4.00. The Bertz CT molecular complexity index is 570. The number of nitrogens with two attached hydrogens (primary N) is 1. The van der Waals surface area contributed by atoms with Crippen molar-refractivity contribution >= 4 is 5.69 Å². The van der Waals surface area contributed by atoms with E-state index in [1.54, 1.807) is 0 Å². The number of anilines is 1. The molecule has 2 aromatic rings. The maximum atomic E-state index is 5.85. The molecule has 0 unspecified atom stereocenters. The Morgan fingerprint density at radius 2 is 1.83 bits per heavy atom. The molecule has 1 aromatic heterocycles. The van der Waals surface area contributed by atoms with Crippen LogP contribution >= 0.6 is 0 Å². The highest BCUT2D eigenvalue weighted by molar-refractivity contribution is 5.57. The molecule has 5 nitrogen and oxygen atoms in total. The molecule has 2 rings (SSSR count). The van der Waals surface area contributed by atoms with E-state index in [0.717, 1.165) is 5.56 Å². The average Bonchev–Trinajstić information content (AvgIpc) is 2.35. The smallest absolute Gasteiger partial charge is 0.249 e. The quantitative estimate of drug-likeness (QED) is 0.899. The molecular weight excluding hydrogens is 230 g/mol. The van der Waals surface area contributed by atoms with Crippen molar-refractivity contribution in [2.45, 2.75) is 13.8 Å². The van der Waals surface area contributed by atoms with Gasteiger partial charge in [0.1, 0.15) is 12.1 Å². The van der Waals surface area contributed by atoms with Crippen molar-refractivity contribution in [2.75, 3.05) is 12.8 Å². The van der Waals surface area contributed by atoms with Crippen molar-refractivity contribution in [3.63, 3.8) is 0 Å². The van der Waals surface area contributed by atoms with E-state index in [1.165, 1.54) is 19.0 Å². The van der Waals surface area contributed by atoms with Gasteiger partial charge in [-0.2, -0.15) is 9.97 Å². The summed E-state index contributed by atoms with van der Waals surface area (Å²) in [5.74, 6) is 1.33. The van der Waals surface area contributed by atoms with Gasteiger partial charge in [-0.1, -0.05) is 17.7 Å². The number of nitrogen functional groups attached to an aromatic ring is 1. The first-order chi connectivity index (χ1) is 8.61. The number of benzene rings is 1. The van der Waals surface area contributed by atoms with Gasteiger partial charge in [-0.05, 0) is 25.5 Å². The van der Waals surface area contributed by atoms with Crippen molar-refractivity contribution in [3.8, 4) is 17.5 Å². The highest BCUT2D eigenvalue weighted by Crippen LogP contribution is 2.31. The van der Waals surface area contributed by atoms with E-state index in [1.807, 2.05) is 32.0 Å². The highest BCUT2D eigenvalue weighted by atomic mass is 16.5. The number of rotatable bonds is 3. The molecule has 0 radical (unpaired) electrons. The monoisotopic (exact) mass is 245 g/mol. The summed E-state index contributed by atoms with van der Waals surface area (Å²) in [6.07, 6.45) is 1.36. The topological polar surface area (TPSA) is 70.3 Å². The number of ether oxygens (including phenoxy) is 2. The van der Waals surface area contributed by atoms with Gasteiger partial charge in [-0.3, -0.25) is 0 Å². The summed E-state index contributed by atoms with van der Waals surface area (Å²) in [6, 6.07) is 5.89.